The molecule has 4 heteroatoms. The van der Waals surface area contributed by atoms with Gasteiger partial charge in [0.05, 0.1) is 0 Å². The highest BCUT2D eigenvalue weighted by molar-refractivity contribution is 5.01. The number of aryl methyl sites for hydroxylation is 1. The van der Waals surface area contributed by atoms with Gasteiger partial charge in [-0.2, -0.15) is 5.10 Å². The molecule has 1 aliphatic carbocycles. The van der Waals surface area contributed by atoms with Crippen molar-refractivity contribution >= 4 is 0 Å². The minimum absolute atomic E-state index is 0.560. The second-order valence-corrected chi connectivity index (χ2v) is 4.84. The van der Waals surface area contributed by atoms with Gasteiger partial charge in [-0.1, -0.05) is 0 Å². The first-order chi connectivity index (χ1) is 7.33. The molecule has 1 aromatic heterocycles. The zero-order chi connectivity index (χ0) is 10.3. The van der Waals surface area contributed by atoms with Gasteiger partial charge in [0.15, 0.2) is 5.82 Å². The van der Waals surface area contributed by atoms with Gasteiger partial charge in [-0.3, -0.25) is 10.00 Å². The van der Waals surface area contributed by atoms with Gasteiger partial charge in [-0.15, -0.1) is 0 Å². The molecule has 1 atom stereocenters. The zero-order valence-electron chi connectivity index (χ0n) is 9.24. The summed E-state index contributed by atoms with van der Waals surface area (Å²) in [6.45, 7) is 4.42. The van der Waals surface area contributed by atoms with Gasteiger partial charge in [-0.25, -0.2) is 4.98 Å². The lowest BCUT2D eigenvalue weighted by atomic mass is 9.97. The Kier molecular flexibility index (Phi) is 2.24. The normalized spacial score (nSPS) is 28.2. The SMILES string of the molecule is Cc1nc(C2CCCN(C3CC3)C2)n[nH]1. The molecule has 0 aromatic carbocycles. The minimum Gasteiger partial charge on any atom is -0.300 e. The molecule has 4 nitrogen and oxygen atoms in total. The fourth-order valence-corrected chi connectivity index (χ4v) is 2.53. The molecule has 15 heavy (non-hydrogen) atoms. The lowest BCUT2D eigenvalue weighted by Crippen LogP contribution is -2.36. The smallest absolute Gasteiger partial charge is 0.155 e. The van der Waals surface area contributed by atoms with Crippen LogP contribution in [0.2, 0.25) is 0 Å². The molecule has 82 valence electrons. The molecule has 0 amide bonds. The number of H-pyrrole nitrogens is 1. The van der Waals surface area contributed by atoms with Crippen LogP contribution in [0.4, 0.5) is 0 Å². The first-order valence-electron chi connectivity index (χ1n) is 5.96. The molecule has 1 saturated heterocycles. The average molecular weight is 206 g/mol. The van der Waals surface area contributed by atoms with E-state index in [1.54, 1.807) is 0 Å². The first-order valence-corrected chi connectivity index (χ1v) is 5.96. The molecule has 0 bridgehead atoms. The predicted octanol–water partition coefficient (Wildman–Crippen LogP) is 1.45. The van der Waals surface area contributed by atoms with E-state index >= 15 is 0 Å². The van der Waals surface area contributed by atoms with Gasteiger partial charge in [0.25, 0.3) is 0 Å². The second kappa shape index (κ2) is 3.59. The average Bonchev–Trinajstić information content (AvgIpc) is 3.02. The van der Waals surface area contributed by atoms with Crippen LogP contribution in [0.15, 0.2) is 0 Å². The maximum absolute atomic E-state index is 4.46. The van der Waals surface area contributed by atoms with Crippen molar-refractivity contribution in [1.82, 2.24) is 20.1 Å². The minimum atomic E-state index is 0.560. The fourth-order valence-electron chi connectivity index (χ4n) is 2.53. The van der Waals surface area contributed by atoms with Gasteiger partial charge in [0.2, 0.25) is 0 Å². The third-order valence-corrected chi connectivity index (χ3v) is 3.50. The van der Waals surface area contributed by atoms with Crippen molar-refractivity contribution in [2.45, 2.75) is 44.6 Å². The molecule has 1 saturated carbocycles. The molecule has 0 radical (unpaired) electrons. The lowest BCUT2D eigenvalue weighted by molar-refractivity contribution is 0.195. The molecule has 2 fully saturated rings. The van der Waals surface area contributed by atoms with Gasteiger partial charge in [0.1, 0.15) is 5.82 Å². The second-order valence-electron chi connectivity index (χ2n) is 4.84. The van der Waals surface area contributed by atoms with Crippen molar-refractivity contribution in [3.05, 3.63) is 11.6 Å². The van der Waals surface area contributed by atoms with Crippen molar-refractivity contribution in [2.24, 2.45) is 0 Å². The molecule has 3 rings (SSSR count). The maximum Gasteiger partial charge on any atom is 0.155 e. The number of nitrogens with zero attached hydrogens (tertiary/aromatic N) is 3. The summed E-state index contributed by atoms with van der Waals surface area (Å²) in [4.78, 5) is 7.08. The Balaban J connectivity index is 1.70. The van der Waals surface area contributed by atoms with Crippen LogP contribution in [0, 0.1) is 6.92 Å². The summed E-state index contributed by atoms with van der Waals surface area (Å²) in [5, 5.41) is 7.24. The number of likely N-dealkylation sites (tertiary alicyclic amines) is 1. The quantitative estimate of drug-likeness (QED) is 0.796. The van der Waals surface area contributed by atoms with Crippen molar-refractivity contribution in [2.75, 3.05) is 13.1 Å². The Bertz CT molecular complexity index is 342. The van der Waals surface area contributed by atoms with Gasteiger partial charge < -0.3 is 0 Å². The maximum atomic E-state index is 4.46. The van der Waals surface area contributed by atoms with Crippen molar-refractivity contribution < 1.29 is 0 Å². The monoisotopic (exact) mass is 206 g/mol. The van der Waals surface area contributed by atoms with Crippen LogP contribution in [-0.4, -0.2) is 39.2 Å². The molecule has 0 spiro atoms. The summed E-state index contributed by atoms with van der Waals surface area (Å²) in [7, 11) is 0. The van der Waals surface area contributed by atoms with Gasteiger partial charge in [-0.05, 0) is 39.2 Å². The Morgan fingerprint density at radius 3 is 2.87 bits per heavy atom. The number of hydrogen-bond acceptors (Lipinski definition) is 3. The van der Waals surface area contributed by atoms with Crippen LogP contribution >= 0.6 is 0 Å². The molecule has 1 aliphatic heterocycles. The van der Waals surface area contributed by atoms with Gasteiger partial charge in [0, 0.05) is 18.5 Å². The molecule has 2 heterocycles. The van der Waals surface area contributed by atoms with Crippen LogP contribution in [0.3, 0.4) is 0 Å². The predicted molar refractivity (Wildman–Crippen MR) is 57.7 cm³/mol. The van der Waals surface area contributed by atoms with Crippen LogP contribution < -0.4 is 0 Å². The zero-order valence-corrected chi connectivity index (χ0v) is 9.24. The summed E-state index contributed by atoms with van der Waals surface area (Å²) in [5.41, 5.74) is 0. The summed E-state index contributed by atoms with van der Waals surface area (Å²) >= 11 is 0. The van der Waals surface area contributed by atoms with E-state index in [-0.39, 0.29) is 0 Å². The summed E-state index contributed by atoms with van der Waals surface area (Å²) in [6.07, 6.45) is 5.36. The molecule has 2 aliphatic rings. The summed E-state index contributed by atoms with van der Waals surface area (Å²) in [6, 6.07) is 0.882. The summed E-state index contributed by atoms with van der Waals surface area (Å²) in [5.74, 6) is 2.52. The van der Waals surface area contributed by atoms with E-state index in [1.807, 2.05) is 6.92 Å². The summed E-state index contributed by atoms with van der Waals surface area (Å²) < 4.78 is 0. The van der Waals surface area contributed by atoms with E-state index in [2.05, 4.69) is 20.1 Å². The lowest BCUT2D eigenvalue weighted by Gasteiger charge is -2.31. The Morgan fingerprint density at radius 2 is 2.20 bits per heavy atom. The van der Waals surface area contributed by atoms with E-state index in [4.69, 9.17) is 0 Å². The van der Waals surface area contributed by atoms with Gasteiger partial charge >= 0.3 is 0 Å². The number of hydrogen-bond donors (Lipinski definition) is 1. The third-order valence-electron chi connectivity index (χ3n) is 3.50. The van der Waals surface area contributed by atoms with E-state index < -0.39 is 0 Å². The standard InChI is InChI=1S/C11H18N4/c1-8-12-11(14-13-8)9-3-2-6-15(7-9)10-4-5-10/h9-10H,2-7H2,1H3,(H,12,13,14). The Hall–Kier alpha value is -0.900. The number of aromatic nitrogens is 3. The van der Waals surface area contributed by atoms with E-state index in [9.17, 15) is 0 Å². The number of aromatic amines is 1. The van der Waals surface area contributed by atoms with Crippen molar-refractivity contribution in [3.8, 4) is 0 Å². The van der Waals surface area contributed by atoms with Crippen LogP contribution in [0.1, 0.15) is 43.3 Å². The van der Waals surface area contributed by atoms with Crippen LogP contribution in [0.25, 0.3) is 0 Å². The Labute approximate surface area is 90.1 Å². The largest absolute Gasteiger partial charge is 0.300 e. The molecular formula is C11H18N4. The first kappa shape index (κ1) is 9.33. The molecule has 1 N–H and O–H groups in total. The highest BCUT2D eigenvalue weighted by Crippen LogP contribution is 2.33. The van der Waals surface area contributed by atoms with Crippen molar-refractivity contribution in [1.29, 1.82) is 0 Å². The van der Waals surface area contributed by atoms with E-state index in [0.29, 0.717) is 5.92 Å². The molecular weight excluding hydrogens is 188 g/mol. The highest BCUT2D eigenvalue weighted by atomic mass is 15.2. The number of nitrogens with one attached hydrogen (secondary N) is 1. The Morgan fingerprint density at radius 1 is 1.33 bits per heavy atom. The van der Waals surface area contributed by atoms with Crippen LogP contribution in [0.5, 0.6) is 0 Å². The van der Waals surface area contributed by atoms with E-state index in [1.165, 1.54) is 38.8 Å². The molecule has 1 aromatic rings. The van der Waals surface area contributed by atoms with E-state index in [0.717, 1.165) is 17.7 Å². The molecule has 1 unspecified atom stereocenters. The van der Waals surface area contributed by atoms with Crippen molar-refractivity contribution in [3.63, 3.8) is 0 Å². The fraction of sp³-hybridized carbons (Fsp3) is 0.818. The topological polar surface area (TPSA) is 44.8 Å². The highest BCUT2D eigenvalue weighted by Gasteiger charge is 2.33. The number of piperidine rings is 1. The van der Waals surface area contributed by atoms with Crippen LogP contribution in [-0.2, 0) is 0 Å². The number of rotatable bonds is 2. The third kappa shape index (κ3) is 1.91.